The van der Waals surface area contributed by atoms with E-state index in [9.17, 15) is 8.42 Å². The van der Waals surface area contributed by atoms with Crippen LogP contribution in [0.5, 0.6) is 0 Å². The molecule has 3 rings (SSSR count). The fourth-order valence-corrected chi connectivity index (χ4v) is 5.72. The van der Waals surface area contributed by atoms with Gasteiger partial charge in [0.05, 0.1) is 11.4 Å². The van der Waals surface area contributed by atoms with Crippen LogP contribution in [0.25, 0.3) is 10.6 Å². The maximum absolute atomic E-state index is 12.7. The van der Waals surface area contributed by atoms with Gasteiger partial charge in [-0.25, -0.2) is 13.4 Å². The number of aromatic nitrogens is 1. The molecule has 0 unspecified atom stereocenters. The average molecular weight is 393 g/mol. The molecule has 0 aliphatic rings. The highest BCUT2D eigenvalue weighted by molar-refractivity contribution is 7.94. The van der Waals surface area contributed by atoms with Gasteiger partial charge in [-0.1, -0.05) is 31.5 Å². The van der Waals surface area contributed by atoms with Gasteiger partial charge in [0.2, 0.25) is 0 Å². The molecule has 0 atom stereocenters. The Labute approximate surface area is 156 Å². The molecule has 2 heterocycles. The molecule has 0 bridgehead atoms. The maximum atomic E-state index is 12.7. The second-order valence-electron chi connectivity index (χ2n) is 6.31. The number of hydrogen-bond donors (Lipinski definition) is 1. The standard InChI is InChI=1S/C18H20N2O2S3/c1-11(2)16-10-24-18(19-16)14-8-17(23-9-14)25(21,22)20-15-6-5-12(3)7-13(15)4/h5-11,20H,1-4H3. The van der Waals surface area contributed by atoms with Crippen LogP contribution in [0.4, 0.5) is 5.69 Å². The lowest BCUT2D eigenvalue weighted by Crippen LogP contribution is -2.12. The highest BCUT2D eigenvalue weighted by Crippen LogP contribution is 2.33. The first kappa shape index (κ1) is 18.1. The van der Waals surface area contributed by atoms with E-state index in [4.69, 9.17) is 0 Å². The predicted molar refractivity (Wildman–Crippen MR) is 106 cm³/mol. The van der Waals surface area contributed by atoms with Gasteiger partial charge in [-0.2, -0.15) is 0 Å². The molecule has 7 heteroatoms. The Morgan fingerprint density at radius 1 is 1.08 bits per heavy atom. The zero-order chi connectivity index (χ0) is 18.2. The number of sulfonamides is 1. The summed E-state index contributed by atoms with van der Waals surface area (Å²) in [5.74, 6) is 0.359. The summed E-state index contributed by atoms with van der Waals surface area (Å²) in [6.45, 7) is 8.07. The van der Waals surface area contributed by atoms with E-state index >= 15 is 0 Å². The van der Waals surface area contributed by atoms with Crippen LogP contribution in [0.15, 0.2) is 39.2 Å². The van der Waals surface area contributed by atoms with Crippen LogP contribution < -0.4 is 4.72 Å². The van der Waals surface area contributed by atoms with Gasteiger partial charge in [-0.15, -0.1) is 22.7 Å². The highest BCUT2D eigenvalue weighted by Gasteiger charge is 2.19. The van der Waals surface area contributed by atoms with E-state index in [2.05, 4.69) is 23.6 Å². The summed E-state index contributed by atoms with van der Waals surface area (Å²) in [4.78, 5) is 4.59. The van der Waals surface area contributed by atoms with Crippen LogP contribution in [0, 0.1) is 13.8 Å². The summed E-state index contributed by atoms with van der Waals surface area (Å²) in [5.41, 5.74) is 4.49. The van der Waals surface area contributed by atoms with Gasteiger partial charge in [0.25, 0.3) is 10.0 Å². The van der Waals surface area contributed by atoms with Gasteiger partial charge < -0.3 is 0 Å². The second kappa shape index (κ2) is 6.90. The van der Waals surface area contributed by atoms with Crippen LogP contribution in [0.3, 0.4) is 0 Å². The van der Waals surface area contributed by atoms with Gasteiger partial charge in [0, 0.05) is 16.3 Å². The van der Waals surface area contributed by atoms with E-state index in [1.807, 2.05) is 36.7 Å². The van der Waals surface area contributed by atoms with Crippen molar-refractivity contribution < 1.29 is 8.42 Å². The third kappa shape index (κ3) is 3.94. The Bertz CT molecular complexity index is 1000. The number of hydrogen-bond acceptors (Lipinski definition) is 5. The Morgan fingerprint density at radius 3 is 2.48 bits per heavy atom. The molecule has 4 nitrogen and oxygen atoms in total. The molecule has 1 N–H and O–H groups in total. The van der Waals surface area contributed by atoms with Crippen LogP contribution in [0.2, 0.25) is 0 Å². The Kier molecular flexibility index (Phi) is 4.99. The minimum atomic E-state index is -3.60. The van der Waals surface area contributed by atoms with Crippen molar-refractivity contribution in [2.75, 3.05) is 4.72 Å². The first-order valence-corrected chi connectivity index (χ1v) is 11.1. The third-order valence-electron chi connectivity index (χ3n) is 3.83. The van der Waals surface area contributed by atoms with Gasteiger partial charge in [0.15, 0.2) is 0 Å². The summed E-state index contributed by atoms with van der Waals surface area (Å²) in [7, 11) is -3.60. The van der Waals surface area contributed by atoms with Crippen molar-refractivity contribution in [3.8, 4) is 10.6 Å². The van der Waals surface area contributed by atoms with Crippen molar-refractivity contribution in [2.24, 2.45) is 0 Å². The normalized spacial score (nSPS) is 11.9. The van der Waals surface area contributed by atoms with Gasteiger partial charge in [0.1, 0.15) is 9.22 Å². The molecule has 25 heavy (non-hydrogen) atoms. The Balaban J connectivity index is 1.87. The molecule has 0 fully saturated rings. The highest BCUT2D eigenvalue weighted by atomic mass is 32.2. The lowest BCUT2D eigenvalue weighted by atomic mass is 10.1. The van der Waals surface area contributed by atoms with Crippen molar-refractivity contribution >= 4 is 38.4 Å². The molecule has 132 valence electrons. The predicted octanol–water partition coefficient (Wildman–Crippen LogP) is 5.41. The number of thiophene rings is 1. The lowest BCUT2D eigenvalue weighted by molar-refractivity contribution is 0.603. The first-order chi connectivity index (χ1) is 11.8. The van der Waals surface area contributed by atoms with E-state index in [1.165, 1.54) is 11.3 Å². The largest absolute Gasteiger partial charge is 0.279 e. The van der Waals surface area contributed by atoms with Gasteiger partial charge in [-0.3, -0.25) is 4.72 Å². The van der Waals surface area contributed by atoms with E-state index < -0.39 is 10.0 Å². The number of nitrogens with zero attached hydrogens (tertiary/aromatic N) is 1. The molecule has 1 aromatic carbocycles. The fraction of sp³-hybridized carbons (Fsp3) is 0.278. The molecule has 0 saturated carbocycles. The molecule has 3 aromatic rings. The molecule has 0 aliphatic carbocycles. The van der Waals surface area contributed by atoms with Crippen molar-refractivity contribution in [1.29, 1.82) is 0 Å². The van der Waals surface area contributed by atoms with Crippen LogP contribution in [0.1, 0.15) is 36.6 Å². The van der Waals surface area contributed by atoms with Crippen LogP contribution in [-0.2, 0) is 10.0 Å². The number of anilines is 1. The minimum Gasteiger partial charge on any atom is -0.279 e. The SMILES string of the molecule is Cc1ccc(NS(=O)(=O)c2cc(-c3nc(C(C)C)cs3)cs2)c(C)c1. The van der Waals surface area contributed by atoms with Crippen LogP contribution in [-0.4, -0.2) is 13.4 Å². The Morgan fingerprint density at radius 2 is 1.84 bits per heavy atom. The summed E-state index contributed by atoms with van der Waals surface area (Å²) in [6.07, 6.45) is 0. The second-order valence-corrected chi connectivity index (χ2v) is 9.99. The van der Waals surface area contributed by atoms with Gasteiger partial charge >= 0.3 is 0 Å². The molecular formula is C18H20N2O2S3. The number of thiazole rings is 1. The van der Waals surface area contributed by atoms with E-state index in [-0.39, 0.29) is 0 Å². The Hall–Kier alpha value is -1.70. The van der Waals surface area contributed by atoms with Crippen molar-refractivity contribution in [3.05, 3.63) is 51.8 Å². The zero-order valence-electron chi connectivity index (χ0n) is 14.5. The number of rotatable bonds is 5. The molecule has 0 amide bonds. The van der Waals surface area contributed by atoms with Gasteiger partial charge in [-0.05, 0) is 37.5 Å². The molecule has 0 aliphatic heterocycles. The van der Waals surface area contributed by atoms with E-state index in [0.29, 0.717) is 15.8 Å². The monoisotopic (exact) mass is 392 g/mol. The summed E-state index contributed by atoms with van der Waals surface area (Å²) >= 11 is 2.76. The van der Waals surface area contributed by atoms with Crippen LogP contribution >= 0.6 is 22.7 Å². The van der Waals surface area contributed by atoms with E-state index in [0.717, 1.165) is 27.4 Å². The molecule has 0 saturated heterocycles. The maximum Gasteiger partial charge on any atom is 0.271 e. The summed E-state index contributed by atoms with van der Waals surface area (Å²) in [5, 5.41) is 4.73. The average Bonchev–Trinajstić information content (AvgIpc) is 3.18. The zero-order valence-corrected chi connectivity index (χ0v) is 17.0. The van der Waals surface area contributed by atoms with E-state index in [1.54, 1.807) is 23.5 Å². The quantitative estimate of drug-likeness (QED) is 0.631. The molecule has 0 radical (unpaired) electrons. The lowest BCUT2D eigenvalue weighted by Gasteiger charge is -2.09. The molecule has 2 aromatic heterocycles. The third-order valence-corrected chi connectivity index (χ3v) is 7.54. The smallest absolute Gasteiger partial charge is 0.271 e. The number of aryl methyl sites for hydroxylation is 2. The summed E-state index contributed by atoms with van der Waals surface area (Å²) in [6, 6.07) is 7.35. The minimum absolute atomic E-state index is 0.295. The van der Waals surface area contributed by atoms with Crippen molar-refractivity contribution in [3.63, 3.8) is 0 Å². The van der Waals surface area contributed by atoms with Crippen molar-refractivity contribution in [1.82, 2.24) is 4.98 Å². The summed E-state index contributed by atoms with van der Waals surface area (Å²) < 4.78 is 28.3. The first-order valence-electron chi connectivity index (χ1n) is 7.90. The van der Waals surface area contributed by atoms with Crippen molar-refractivity contribution in [2.45, 2.75) is 37.8 Å². The topological polar surface area (TPSA) is 59.1 Å². The molecular weight excluding hydrogens is 372 g/mol. The number of benzene rings is 1. The molecule has 0 spiro atoms. The number of nitrogens with one attached hydrogen (secondary N) is 1. The fourth-order valence-electron chi connectivity index (χ4n) is 2.38.